The molecule has 1 atom stereocenters. The summed E-state index contributed by atoms with van der Waals surface area (Å²) in [5, 5.41) is 23.9. The Labute approximate surface area is 277 Å². The van der Waals surface area contributed by atoms with E-state index in [4.69, 9.17) is 22.3 Å². The number of anilines is 2. The number of nitrogens with one attached hydrogen (secondary N) is 3. The highest BCUT2D eigenvalue weighted by Crippen LogP contribution is 2.41. The molecule has 10 nitrogen and oxygen atoms in total. The predicted octanol–water partition coefficient (Wildman–Crippen LogP) is 5.56. The zero-order chi connectivity index (χ0) is 32.5. The quantitative estimate of drug-likeness (QED) is 0.142. The van der Waals surface area contributed by atoms with Gasteiger partial charge in [-0.2, -0.15) is 0 Å². The molecule has 7 rings (SSSR count). The minimum Gasteiger partial charge on any atom is -0.403 e. The topological polar surface area (TPSA) is 126 Å². The van der Waals surface area contributed by atoms with Crippen molar-refractivity contribution in [1.29, 1.82) is 0 Å². The monoisotopic (exact) mass is 641 g/mol. The number of rotatable bonds is 9. The van der Waals surface area contributed by atoms with Gasteiger partial charge in [-0.15, -0.1) is 10.6 Å². The van der Waals surface area contributed by atoms with Crippen LogP contribution in [0.3, 0.4) is 0 Å². The number of aromatic nitrogens is 1. The molecule has 1 unspecified atom stereocenters. The Morgan fingerprint density at radius 1 is 1.04 bits per heavy atom. The van der Waals surface area contributed by atoms with Crippen LogP contribution in [-0.2, 0) is 12.1 Å². The van der Waals surface area contributed by atoms with Crippen molar-refractivity contribution in [3.05, 3.63) is 161 Å². The number of hydrogen-bond donors (Lipinski definition) is 5. The van der Waals surface area contributed by atoms with E-state index in [2.05, 4.69) is 39.1 Å². The molecule has 0 aliphatic carbocycles. The number of hydrogen-bond acceptors (Lipinski definition) is 10. The van der Waals surface area contributed by atoms with Gasteiger partial charge < -0.3 is 21.1 Å². The smallest absolute Gasteiger partial charge is 0.265 e. The highest BCUT2D eigenvalue weighted by Gasteiger charge is 2.40. The van der Waals surface area contributed by atoms with Gasteiger partial charge in [0.25, 0.3) is 5.96 Å². The Kier molecular flexibility index (Phi) is 7.82. The second-order valence-corrected chi connectivity index (χ2v) is 11.6. The molecule has 6 N–H and O–H groups in total. The van der Waals surface area contributed by atoms with E-state index in [9.17, 15) is 5.11 Å². The molecule has 4 aromatic carbocycles. The third-order valence-corrected chi connectivity index (χ3v) is 8.61. The fourth-order valence-corrected chi connectivity index (χ4v) is 6.11. The number of fused-ring (bicyclic) bond motifs is 4. The Morgan fingerprint density at radius 3 is 2.64 bits per heavy atom. The summed E-state index contributed by atoms with van der Waals surface area (Å²) in [5.74, 6) is 0.452. The highest BCUT2D eigenvalue weighted by atomic mass is 35.5. The van der Waals surface area contributed by atoms with E-state index in [0.29, 0.717) is 40.1 Å². The van der Waals surface area contributed by atoms with Crippen LogP contribution in [-0.4, -0.2) is 33.7 Å². The van der Waals surface area contributed by atoms with E-state index in [0.717, 1.165) is 39.0 Å². The average Bonchev–Trinajstić information content (AvgIpc) is 3.59. The summed E-state index contributed by atoms with van der Waals surface area (Å²) in [7, 11) is 1.80. The molecule has 47 heavy (non-hydrogen) atoms. The van der Waals surface area contributed by atoms with Crippen LogP contribution in [0, 0.1) is 0 Å². The molecule has 11 heteroatoms. The number of guanidine groups is 1. The van der Waals surface area contributed by atoms with Crippen molar-refractivity contribution in [2.75, 3.05) is 17.4 Å². The summed E-state index contributed by atoms with van der Waals surface area (Å²) in [4.78, 5) is 11.1. The molecule has 0 saturated carbocycles. The number of hydrazine groups is 2. The lowest BCUT2D eigenvalue weighted by molar-refractivity contribution is 0.0967. The number of pyridine rings is 1. The molecular weight excluding hydrogens is 610 g/mol. The number of para-hydroxylation sites is 1. The summed E-state index contributed by atoms with van der Waals surface area (Å²) < 4.78 is 0. The number of halogens is 1. The highest BCUT2D eigenvalue weighted by molar-refractivity contribution is 6.32. The molecule has 2 aliphatic heterocycles. The predicted molar refractivity (Wildman–Crippen MR) is 188 cm³/mol. The molecule has 0 radical (unpaired) electrons. The van der Waals surface area contributed by atoms with E-state index < -0.39 is 5.60 Å². The van der Waals surface area contributed by atoms with Crippen LogP contribution in [0.2, 0.25) is 5.02 Å². The number of nitrogens with zero attached hydrogens (tertiary/aromatic N) is 5. The van der Waals surface area contributed by atoms with Gasteiger partial charge in [-0.25, -0.2) is 15.5 Å². The van der Waals surface area contributed by atoms with Crippen molar-refractivity contribution in [2.24, 2.45) is 15.8 Å². The van der Waals surface area contributed by atoms with Crippen LogP contribution in [0.15, 0.2) is 138 Å². The second kappa shape index (κ2) is 12.3. The molecule has 5 aromatic rings. The van der Waals surface area contributed by atoms with Gasteiger partial charge in [0, 0.05) is 41.3 Å². The first kappa shape index (κ1) is 30.0. The lowest BCUT2D eigenvalue weighted by Crippen LogP contribution is -2.44. The van der Waals surface area contributed by atoms with Crippen molar-refractivity contribution < 1.29 is 5.11 Å². The van der Waals surface area contributed by atoms with Crippen LogP contribution in [0.1, 0.15) is 27.8 Å². The first-order chi connectivity index (χ1) is 22.9. The summed E-state index contributed by atoms with van der Waals surface area (Å²) in [6.07, 6.45) is 4.85. The van der Waals surface area contributed by atoms with Crippen molar-refractivity contribution in [2.45, 2.75) is 12.1 Å². The minimum absolute atomic E-state index is 0.431. The maximum Gasteiger partial charge on any atom is 0.265 e. The molecule has 1 aromatic heterocycles. The number of benzene rings is 4. The number of aliphatic imine (C=N–C) groups is 1. The van der Waals surface area contributed by atoms with Crippen molar-refractivity contribution >= 4 is 45.5 Å². The summed E-state index contributed by atoms with van der Waals surface area (Å²) >= 11 is 6.39. The molecule has 2 aliphatic rings. The minimum atomic E-state index is -1.66. The summed E-state index contributed by atoms with van der Waals surface area (Å²) in [5.41, 5.74) is 17.9. The van der Waals surface area contributed by atoms with Gasteiger partial charge in [-0.05, 0) is 59.3 Å². The van der Waals surface area contributed by atoms with Gasteiger partial charge in [0.05, 0.1) is 34.5 Å². The maximum atomic E-state index is 12.8. The third-order valence-electron chi connectivity index (χ3n) is 8.38. The van der Waals surface area contributed by atoms with E-state index in [1.165, 1.54) is 6.20 Å². The molecule has 0 spiro atoms. The lowest BCUT2D eigenvalue weighted by Gasteiger charge is -2.37. The maximum absolute atomic E-state index is 12.8. The summed E-state index contributed by atoms with van der Waals surface area (Å²) in [6, 6.07) is 31.1. The van der Waals surface area contributed by atoms with Crippen molar-refractivity contribution in [3.63, 3.8) is 0 Å². The number of aliphatic hydroxyl groups is 1. The van der Waals surface area contributed by atoms with Crippen LogP contribution >= 0.6 is 11.6 Å². The fraction of sp³-hybridized carbons (Fsp3) is 0.0833. The van der Waals surface area contributed by atoms with Gasteiger partial charge >= 0.3 is 0 Å². The zero-order valence-corrected chi connectivity index (χ0v) is 26.3. The van der Waals surface area contributed by atoms with E-state index in [1.807, 2.05) is 97.2 Å². The summed E-state index contributed by atoms with van der Waals surface area (Å²) in [6.45, 7) is 4.49. The van der Waals surface area contributed by atoms with Gasteiger partial charge in [0.15, 0.2) is 5.60 Å². The van der Waals surface area contributed by atoms with Crippen LogP contribution in [0.4, 0.5) is 11.4 Å². The third kappa shape index (κ3) is 5.44. The average molecular weight is 642 g/mol. The van der Waals surface area contributed by atoms with Crippen LogP contribution in [0.25, 0.3) is 10.9 Å². The van der Waals surface area contributed by atoms with Crippen LogP contribution < -0.4 is 27.1 Å². The first-order valence-electron chi connectivity index (χ1n) is 15.0. The number of hydrazone groups is 1. The lowest BCUT2D eigenvalue weighted by atomic mass is 9.81. The Bertz CT molecular complexity index is 2090. The molecule has 0 bridgehead atoms. The van der Waals surface area contributed by atoms with Crippen molar-refractivity contribution in [3.8, 4) is 0 Å². The Hall–Kier alpha value is -5.68. The van der Waals surface area contributed by atoms with E-state index in [-0.39, 0.29) is 0 Å². The Balaban J connectivity index is 1.27. The molecule has 234 valence electrons. The molecule has 0 amide bonds. The molecular formula is C36H32ClN9O. The van der Waals surface area contributed by atoms with E-state index >= 15 is 0 Å². The fourth-order valence-electron chi connectivity index (χ4n) is 5.92. The Morgan fingerprint density at radius 2 is 1.85 bits per heavy atom. The standard InChI is InChI=1S/C36H32ClN9O/c1-3-45(2)33(20-38)36(47,26-13-11-23(12-14-26)21-39-29-18-24-7-4-5-10-31(24)40-22-29)27-15-16-32-30(19-27)34(25-8-6-9-28(37)17-25)41-35-42-43-44-46(32)35/h3-20,22,39,43-44,47H,1,21,38H2,2H3/b33-20-. The van der Waals surface area contributed by atoms with Crippen molar-refractivity contribution in [1.82, 2.24) is 21.0 Å². The number of likely N-dealkylation sites (N-methyl/N-ethyl adjacent to an activating group) is 1. The largest absolute Gasteiger partial charge is 0.403 e. The normalized spacial score (nSPS) is 15.1. The SMILES string of the molecule is C=CN(C)/C(=C\N)C(O)(c1ccc(CNc2cnc3ccccc3c2)cc1)c1ccc2c(c1)C(c1cccc(Cl)c1)=NC1=NNNN12. The molecule has 0 fully saturated rings. The van der Waals surface area contributed by atoms with Gasteiger partial charge in [-0.3, -0.25) is 4.98 Å². The van der Waals surface area contributed by atoms with Crippen LogP contribution in [0.5, 0.6) is 0 Å². The molecule has 0 saturated heterocycles. The molecule has 3 heterocycles. The van der Waals surface area contributed by atoms with Gasteiger partial charge in [0.1, 0.15) is 0 Å². The number of nitrogens with two attached hydrogens (primary N) is 1. The van der Waals surface area contributed by atoms with Gasteiger partial charge in [-0.1, -0.05) is 78.8 Å². The van der Waals surface area contributed by atoms with Gasteiger partial charge in [0.2, 0.25) is 0 Å². The zero-order valence-electron chi connectivity index (χ0n) is 25.5. The first-order valence-corrected chi connectivity index (χ1v) is 15.3. The second-order valence-electron chi connectivity index (χ2n) is 11.2. The van der Waals surface area contributed by atoms with E-state index in [1.54, 1.807) is 23.2 Å².